The molecule has 0 bridgehead atoms. The van der Waals surface area contributed by atoms with Gasteiger partial charge in [0.1, 0.15) is 0 Å². The lowest BCUT2D eigenvalue weighted by atomic mass is 10.0. The third-order valence-electron chi connectivity index (χ3n) is 4.98. The van der Waals surface area contributed by atoms with E-state index in [1.165, 1.54) is 31.2 Å². The van der Waals surface area contributed by atoms with Crippen LogP contribution in [0.25, 0.3) is 10.9 Å². The number of hydrogen-bond acceptors (Lipinski definition) is 5. The molecule has 0 aliphatic carbocycles. The summed E-state index contributed by atoms with van der Waals surface area (Å²) >= 11 is 0. The summed E-state index contributed by atoms with van der Waals surface area (Å²) in [7, 11) is -3.98. The Morgan fingerprint density at radius 3 is 2.37 bits per heavy atom. The largest absolute Gasteiger partial charge is 0.395 e. The normalized spacial score (nSPS) is 11.9. The van der Waals surface area contributed by atoms with Crippen LogP contribution in [0.4, 0.5) is 0 Å². The molecule has 0 saturated heterocycles. The summed E-state index contributed by atoms with van der Waals surface area (Å²) in [5.74, 6) is -0.167. The minimum absolute atomic E-state index is 0.00928. The third kappa shape index (κ3) is 4.35. The summed E-state index contributed by atoms with van der Waals surface area (Å²) < 4.78 is 27.3. The molecule has 0 amide bonds. The Bertz CT molecular complexity index is 1260. The monoisotopic (exact) mass is 428 g/mol. The van der Waals surface area contributed by atoms with Gasteiger partial charge in [-0.15, -0.1) is 0 Å². The summed E-state index contributed by atoms with van der Waals surface area (Å²) in [4.78, 5) is 26.9. The molecule has 7 nitrogen and oxygen atoms in total. The van der Waals surface area contributed by atoms with Crippen molar-refractivity contribution in [3.8, 4) is 0 Å². The van der Waals surface area contributed by atoms with Gasteiger partial charge in [0, 0.05) is 35.1 Å². The zero-order valence-corrected chi connectivity index (χ0v) is 17.9. The van der Waals surface area contributed by atoms with E-state index in [0.29, 0.717) is 11.1 Å². The zero-order chi connectivity index (χ0) is 22.1. The van der Waals surface area contributed by atoms with Crippen LogP contribution in [0.5, 0.6) is 0 Å². The average molecular weight is 429 g/mol. The first-order valence-electron chi connectivity index (χ1n) is 9.48. The minimum Gasteiger partial charge on any atom is -0.395 e. The summed E-state index contributed by atoms with van der Waals surface area (Å²) in [6, 6.07) is 11.2. The van der Waals surface area contributed by atoms with Crippen LogP contribution >= 0.6 is 0 Å². The van der Waals surface area contributed by atoms with Crippen molar-refractivity contribution in [2.24, 2.45) is 0 Å². The third-order valence-corrected chi connectivity index (χ3v) is 6.84. The fraction of sp³-hybridized carbons (Fsp3) is 0.273. The van der Waals surface area contributed by atoms with Crippen molar-refractivity contribution < 1.29 is 18.3 Å². The highest BCUT2D eigenvalue weighted by Gasteiger charge is 2.25. The Hall–Kier alpha value is -2.81. The highest BCUT2D eigenvalue weighted by molar-refractivity contribution is 7.89. The summed E-state index contributed by atoms with van der Waals surface area (Å²) in [6.07, 6.45) is 0. The van der Waals surface area contributed by atoms with E-state index in [1.54, 1.807) is 6.07 Å². The molecule has 1 heterocycles. The topological polar surface area (TPSA) is 108 Å². The van der Waals surface area contributed by atoms with Crippen LogP contribution in [0.2, 0.25) is 0 Å². The Labute approximate surface area is 175 Å². The summed E-state index contributed by atoms with van der Waals surface area (Å²) in [6.45, 7) is 4.52. The molecule has 158 valence electrons. The molecule has 8 heteroatoms. The Morgan fingerprint density at radius 1 is 1.10 bits per heavy atom. The number of H-pyrrole nitrogens is 1. The van der Waals surface area contributed by atoms with Gasteiger partial charge >= 0.3 is 0 Å². The first-order chi connectivity index (χ1) is 14.1. The number of ketones is 1. The molecule has 2 aromatic carbocycles. The van der Waals surface area contributed by atoms with Crippen molar-refractivity contribution in [1.82, 2.24) is 9.29 Å². The zero-order valence-electron chi connectivity index (χ0n) is 17.1. The standard InChI is InChI=1S/C22H24N2O5S/c1-14-10-15(2)20-12-18(22(27)23-21(20)11-14)13-24(8-9-25)30(28,29)19-6-4-17(5-7-19)16(3)26/h4-7,10-12,25H,8-9,13H2,1-3H3,(H,23,27). The van der Waals surface area contributed by atoms with Crippen LogP contribution in [0.3, 0.4) is 0 Å². The lowest BCUT2D eigenvalue weighted by Gasteiger charge is -2.21. The lowest BCUT2D eigenvalue weighted by molar-refractivity contribution is 0.101. The number of carbonyl (C=O) groups excluding carboxylic acids is 1. The number of aliphatic hydroxyl groups is 1. The number of benzene rings is 2. The van der Waals surface area contributed by atoms with Crippen LogP contribution < -0.4 is 5.56 Å². The van der Waals surface area contributed by atoms with Crippen molar-refractivity contribution in [3.05, 3.63) is 75.1 Å². The van der Waals surface area contributed by atoms with E-state index >= 15 is 0 Å². The van der Waals surface area contributed by atoms with Crippen molar-refractivity contribution in [1.29, 1.82) is 0 Å². The molecule has 0 fully saturated rings. The first kappa shape index (κ1) is 21.9. The fourth-order valence-corrected chi connectivity index (χ4v) is 4.84. The smallest absolute Gasteiger partial charge is 0.252 e. The number of hydrogen-bond donors (Lipinski definition) is 2. The maximum atomic E-state index is 13.1. The van der Waals surface area contributed by atoms with E-state index in [1.807, 2.05) is 26.0 Å². The van der Waals surface area contributed by atoms with Gasteiger partial charge in [0.2, 0.25) is 10.0 Å². The molecule has 3 aromatic rings. The number of sulfonamides is 1. The number of aromatic nitrogens is 1. The highest BCUT2D eigenvalue weighted by Crippen LogP contribution is 2.22. The first-order valence-corrected chi connectivity index (χ1v) is 10.9. The number of Topliss-reactive ketones (excluding diaryl/α,β-unsaturated/α-hetero) is 1. The fourth-order valence-electron chi connectivity index (χ4n) is 3.43. The SMILES string of the molecule is CC(=O)c1ccc(S(=O)(=O)N(CCO)Cc2cc3c(C)cc(C)cc3[nH]c2=O)cc1. The molecule has 0 radical (unpaired) electrons. The van der Waals surface area contributed by atoms with E-state index in [9.17, 15) is 23.1 Å². The molecule has 0 atom stereocenters. The molecule has 0 spiro atoms. The Kier molecular flexibility index (Phi) is 6.21. The number of pyridine rings is 1. The van der Waals surface area contributed by atoms with E-state index in [2.05, 4.69) is 4.98 Å². The van der Waals surface area contributed by atoms with Gasteiger partial charge in [-0.05, 0) is 56.2 Å². The predicted octanol–water partition coefficient (Wildman–Crippen LogP) is 2.53. The average Bonchev–Trinajstić information content (AvgIpc) is 2.68. The van der Waals surface area contributed by atoms with Gasteiger partial charge in [-0.1, -0.05) is 18.2 Å². The molecular weight excluding hydrogens is 404 g/mol. The van der Waals surface area contributed by atoms with Gasteiger partial charge in [0.05, 0.1) is 11.5 Å². The maximum Gasteiger partial charge on any atom is 0.252 e. The molecule has 0 aliphatic heterocycles. The van der Waals surface area contributed by atoms with Crippen molar-refractivity contribution in [3.63, 3.8) is 0 Å². The summed E-state index contributed by atoms with van der Waals surface area (Å²) in [5.41, 5.74) is 2.99. The van der Waals surface area contributed by atoms with Gasteiger partial charge in [-0.2, -0.15) is 4.31 Å². The van der Waals surface area contributed by atoms with Gasteiger partial charge in [-0.3, -0.25) is 9.59 Å². The molecule has 30 heavy (non-hydrogen) atoms. The molecule has 0 unspecified atom stereocenters. The quantitative estimate of drug-likeness (QED) is 0.562. The van der Waals surface area contributed by atoms with Crippen LogP contribution in [0, 0.1) is 13.8 Å². The molecule has 0 aliphatic rings. The van der Waals surface area contributed by atoms with Crippen molar-refractivity contribution in [2.45, 2.75) is 32.2 Å². The molecule has 0 saturated carbocycles. The van der Waals surface area contributed by atoms with E-state index in [-0.39, 0.29) is 34.9 Å². The van der Waals surface area contributed by atoms with E-state index < -0.39 is 16.6 Å². The number of rotatable bonds is 7. The number of aromatic amines is 1. The van der Waals surface area contributed by atoms with Crippen LogP contribution in [0.15, 0.2) is 52.2 Å². The Balaban J connectivity index is 2.02. The minimum atomic E-state index is -3.98. The van der Waals surface area contributed by atoms with Crippen LogP contribution in [0.1, 0.15) is 34.0 Å². The molecule has 2 N–H and O–H groups in total. The van der Waals surface area contributed by atoms with Gasteiger partial charge in [-0.25, -0.2) is 8.42 Å². The van der Waals surface area contributed by atoms with Gasteiger partial charge in [0.25, 0.3) is 5.56 Å². The van der Waals surface area contributed by atoms with Crippen LogP contribution in [-0.2, 0) is 16.6 Å². The van der Waals surface area contributed by atoms with E-state index in [0.717, 1.165) is 20.8 Å². The number of fused-ring (bicyclic) bond motifs is 1. The van der Waals surface area contributed by atoms with Crippen LogP contribution in [-0.4, -0.2) is 41.7 Å². The highest BCUT2D eigenvalue weighted by atomic mass is 32.2. The van der Waals surface area contributed by atoms with Gasteiger partial charge in [0.15, 0.2) is 5.78 Å². The second-order valence-electron chi connectivity index (χ2n) is 7.31. The number of carbonyl (C=O) groups is 1. The number of aliphatic hydroxyl groups excluding tert-OH is 1. The number of nitrogens with one attached hydrogen (secondary N) is 1. The van der Waals surface area contributed by atoms with Crippen molar-refractivity contribution >= 4 is 26.7 Å². The number of aryl methyl sites for hydroxylation is 2. The van der Waals surface area contributed by atoms with E-state index in [4.69, 9.17) is 0 Å². The maximum absolute atomic E-state index is 13.1. The number of nitrogens with zero attached hydrogens (tertiary/aromatic N) is 1. The summed E-state index contributed by atoms with van der Waals surface area (Å²) in [5, 5.41) is 10.3. The Morgan fingerprint density at radius 2 is 1.77 bits per heavy atom. The molecule has 1 aromatic heterocycles. The second-order valence-corrected chi connectivity index (χ2v) is 9.25. The predicted molar refractivity (Wildman–Crippen MR) is 115 cm³/mol. The van der Waals surface area contributed by atoms with Gasteiger partial charge < -0.3 is 10.1 Å². The lowest BCUT2D eigenvalue weighted by Crippen LogP contribution is -2.35. The second kappa shape index (κ2) is 8.51. The van der Waals surface area contributed by atoms with Crippen molar-refractivity contribution in [2.75, 3.05) is 13.2 Å². The molecular formula is C22H24N2O5S. The molecule has 3 rings (SSSR count).